The zero-order valence-corrected chi connectivity index (χ0v) is 16.8. The number of rotatable bonds is 4. The Balaban J connectivity index is 1.59. The van der Waals surface area contributed by atoms with Crippen molar-refractivity contribution in [2.24, 2.45) is 0 Å². The fourth-order valence-corrected chi connectivity index (χ4v) is 4.44. The Labute approximate surface area is 173 Å². The molecule has 0 spiro atoms. The Hall–Kier alpha value is -3.48. The van der Waals surface area contributed by atoms with Crippen LogP contribution in [0.2, 0.25) is 0 Å². The monoisotopic (exact) mass is 401 g/mol. The Morgan fingerprint density at radius 3 is 2.73 bits per heavy atom. The van der Waals surface area contributed by atoms with Crippen molar-refractivity contribution in [1.29, 1.82) is 0 Å². The van der Waals surface area contributed by atoms with Gasteiger partial charge in [-0.3, -0.25) is 19.3 Å². The highest BCUT2D eigenvalue weighted by atomic mass is 16.1. The van der Waals surface area contributed by atoms with E-state index in [9.17, 15) is 9.59 Å². The molecule has 152 valence electrons. The first-order chi connectivity index (χ1) is 14.6. The largest absolute Gasteiger partial charge is 0.348 e. The fraction of sp³-hybridized carbons (Fsp3) is 0.304. The third-order valence-electron chi connectivity index (χ3n) is 6.03. The number of aryl methyl sites for hydroxylation is 1. The van der Waals surface area contributed by atoms with Gasteiger partial charge in [-0.25, -0.2) is 0 Å². The molecule has 1 aliphatic rings. The van der Waals surface area contributed by atoms with Gasteiger partial charge in [0.1, 0.15) is 0 Å². The molecule has 1 fully saturated rings. The van der Waals surface area contributed by atoms with Crippen molar-refractivity contribution in [1.82, 2.24) is 25.1 Å². The molecular weight excluding hydrogens is 378 g/mol. The maximum absolute atomic E-state index is 12.9. The second-order valence-electron chi connectivity index (χ2n) is 7.99. The minimum absolute atomic E-state index is 0.141. The Kier molecular flexibility index (Phi) is 4.58. The fourth-order valence-electron chi connectivity index (χ4n) is 4.44. The van der Waals surface area contributed by atoms with Crippen LogP contribution >= 0.6 is 0 Å². The van der Waals surface area contributed by atoms with Crippen molar-refractivity contribution in [3.05, 3.63) is 69.9 Å². The van der Waals surface area contributed by atoms with Crippen molar-refractivity contribution >= 4 is 27.7 Å². The summed E-state index contributed by atoms with van der Waals surface area (Å²) in [5.74, 6) is -0.141. The van der Waals surface area contributed by atoms with Crippen LogP contribution in [0.15, 0.2) is 47.7 Å². The summed E-state index contributed by atoms with van der Waals surface area (Å²) in [4.78, 5) is 32.5. The molecule has 7 heteroatoms. The minimum Gasteiger partial charge on any atom is -0.348 e. The Morgan fingerprint density at radius 2 is 1.97 bits per heavy atom. The van der Waals surface area contributed by atoms with Gasteiger partial charge in [0.15, 0.2) is 0 Å². The molecule has 1 saturated carbocycles. The highest BCUT2D eigenvalue weighted by molar-refractivity contribution is 6.07. The summed E-state index contributed by atoms with van der Waals surface area (Å²) >= 11 is 0. The number of nitrogens with zero attached hydrogens (tertiary/aromatic N) is 3. The summed E-state index contributed by atoms with van der Waals surface area (Å²) < 4.78 is 1.99. The average molecular weight is 401 g/mol. The number of carbonyl (C=O) groups excluding carboxylic acids is 1. The van der Waals surface area contributed by atoms with Crippen molar-refractivity contribution in [2.45, 2.75) is 45.2 Å². The molecule has 0 aliphatic heterocycles. The molecule has 1 aromatic carbocycles. The van der Waals surface area contributed by atoms with Gasteiger partial charge in [-0.2, -0.15) is 5.10 Å². The Bertz CT molecular complexity index is 1300. The van der Waals surface area contributed by atoms with Gasteiger partial charge < -0.3 is 10.3 Å². The quantitative estimate of drug-likeness (QED) is 0.546. The zero-order valence-electron chi connectivity index (χ0n) is 16.8. The number of H-pyrrole nitrogens is 1. The first kappa shape index (κ1) is 18.5. The van der Waals surface area contributed by atoms with Gasteiger partial charge in [-0.1, -0.05) is 12.8 Å². The van der Waals surface area contributed by atoms with Gasteiger partial charge in [-0.05, 0) is 55.2 Å². The van der Waals surface area contributed by atoms with E-state index in [1.54, 1.807) is 18.6 Å². The summed E-state index contributed by atoms with van der Waals surface area (Å²) in [6.45, 7) is 2.32. The van der Waals surface area contributed by atoms with Crippen LogP contribution in [0.5, 0.6) is 0 Å². The highest BCUT2D eigenvalue weighted by Gasteiger charge is 2.22. The lowest BCUT2D eigenvalue weighted by atomic mass is 10.0. The normalized spacial score (nSPS) is 14.6. The van der Waals surface area contributed by atoms with Gasteiger partial charge in [0.05, 0.1) is 28.7 Å². The predicted molar refractivity (Wildman–Crippen MR) is 116 cm³/mol. The lowest BCUT2D eigenvalue weighted by Crippen LogP contribution is -2.23. The number of aromatic nitrogens is 4. The van der Waals surface area contributed by atoms with Crippen LogP contribution in [0.1, 0.15) is 53.2 Å². The SMILES string of the molecule is Cc1cc2[nH]c(=O)c3cnn(C4CCCC4)c3c2cc1C(=O)NCc1ccncc1. The summed E-state index contributed by atoms with van der Waals surface area (Å²) in [7, 11) is 0. The molecule has 2 N–H and O–H groups in total. The molecule has 0 atom stereocenters. The van der Waals surface area contributed by atoms with Crippen molar-refractivity contribution < 1.29 is 4.79 Å². The molecule has 3 heterocycles. The van der Waals surface area contributed by atoms with Gasteiger partial charge in [0.25, 0.3) is 11.5 Å². The summed E-state index contributed by atoms with van der Waals surface area (Å²) in [5.41, 5.74) is 3.82. The van der Waals surface area contributed by atoms with E-state index in [1.807, 2.05) is 35.9 Å². The highest BCUT2D eigenvalue weighted by Crippen LogP contribution is 2.33. The van der Waals surface area contributed by atoms with E-state index in [2.05, 4.69) is 20.4 Å². The number of fused-ring (bicyclic) bond motifs is 3. The standard InChI is InChI=1S/C23H23N5O2/c1-14-10-20-18(11-17(14)22(29)25-12-15-6-8-24-9-7-15)21-19(23(30)27-20)13-26-28(21)16-4-2-3-5-16/h6-11,13,16H,2-5,12H2,1H3,(H,25,29)(H,27,30). The van der Waals surface area contributed by atoms with Gasteiger partial charge in [-0.15, -0.1) is 0 Å². The molecule has 0 saturated heterocycles. The second kappa shape index (κ2) is 7.40. The number of amides is 1. The van der Waals surface area contributed by atoms with Crippen LogP contribution in [0.4, 0.5) is 0 Å². The summed E-state index contributed by atoms with van der Waals surface area (Å²) in [6, 6.07) is 7.82. The van der Waals surface area contributed by atoms with Crippen LogP contribution in [0.25, 0.3) is 21.8 Å². The van der Waals surface area contributed by atoms with Crippen LogP contribution in [-0.2, 0) is 6.54 Å². The number of nitrogens with one attached hydrogen (secondary N) is 2. The van der Waals surface area contributed by atoms with Crippen LogP contribution in [-0.4, -0.2) is 25.7 Å². The molecule has 1 aliphatic carbocycles. The molecular formula is C23H23N5O2. The van der Waals surface area contributed by atoms with Crippen molar-refractivity contribution in [2.75, 3.05) is 0 Å². The summed E-state index contributed by atoms with van der Waals surface area (Å²) in [5, 5.41) is 8.96. The number of hydrogen-bond acceptors (Lipinski definition) is 4. The Morgan fingerprint density at radius 1 is 1.20 bits per heavy atom. The molecule has 0 bridgehead atoms. The van der Waals surface area contributed by atoms with E-state index in [4.69, 9.17) is 0 Å². The van der Waals surface area contributed by atoms with Crippen molar-refractivity contribution in [3.8, 4) is 0 Å². The van der Waals surface area contributed by atoms with Crippen LogP contribution in [0.3, 0.4) is 0 Å². The second-order valence-corrected chi connectivity index (χ2v) is 7.99. The topological polar surface area (TPSA) is 92.7 Å². The molecule has 30 heavy (non-hydrogen) atoms. The lowest BCUT2D eigenvalue weighted by molar-refractivity contribution is 0.0950. The smallest absolute Gasteiger partial charge is 0.259 e. The molecule has 4 aromatic rings. The predicted octanol–water partition coefficient (Wildman–Crippen LogP) is 3.63. The molecule has 7 nitrogen and oxygen atoms in total. The van der Waals surface area contributed by atoms with Gasteiger partial charge in [0.2, 0.25) is 0 Å². The molecule has 5 rings (SSSR count). The van der Waals surface area contributed by atoms with E-state index in [0.717, 1.165) is 40.4 Å². The van der Waals surface area contributed by atoms with Crippen LogP contribution in [0, 0.1) is 6.92 Å². The average Bonchev–Trinajstić information content (AvgIpc) is 3.42. The molecule has 0 radical (unpaired) electrons. The molecule has 1 amide bonds. The van der Waals surface area contributed by atoms with E-state index in [0.29, 0.717) is 23.5 Å². The summed E-state index contributed by atoms with van der Waals surface area (Å²) in [6.07, 6.45) is 9.55. The van der Waals surface area contributed by atoms with Gasteiger partial charge >= 0.3 is 0 Å². The van der Waals surface area contributed by atoms with Crippen LogP contribution < -0.4 is 10.9 Å². The lowest BCUT2D eigenvalue weighted by Gasteiger charge is -2.14. The van der Waals surface area contributed by atoms with E-state index in [1.165, 1.54) is 12.8 Å². The first-order valence-electron chi connectivity index (χ1n) is 10.3. The molecule has 0 unspecified atom stereocenters. The number of aromatic amines is 1. The van der Waals surface area contributed by atoms with Crippen molar-refractivity contribution in [3.63, 3.8) is 0 Å². The number of pyridine rings is 2. The van der Waals surface area contributed by atoms with E-state index < -0.39 is 0 Å². The maximum atomic E-state index is 12.9. The van der Waals surface area contributed by atoms with E-state index >= 15 is 0 Å². The zero-order chi connectivity index (χ0) is 20.7. The minimum atomic E-state index is -0.143. The number of carbonyl (C=O) groups is 1. The number of hydrogen-bond donors (Lipinski definition) is 2. The first-order valence-corrected chi connectivity index (χ1v) is 10.3. The van der Waals surface area contributed by atoms with Gasteiger partial charge in [0, 0.05) is 29.9 Å². The van der Waals surface area contributed by atoms with E-state index in [-0.39, 0.29) is 11.5 Å². The molecule has 3 aromatic heterocycles. The maximum Gasteiger partial charge on any atom is 0.259 e. The third-order valence-corrected chi connectivity index (χ3v) is 6.03. The third kappa shape index (κ3) is 3.16. The number of benzene rings is 1.